The van der Waals surface area contributed by atoms with Gasteiger partial charge in [-0.25, -0.2) is 0 Å². The average molecular weight is 267 g/mol. The van der Waals surface area contributed by atoms with Crippen LogP contribution in [-0.4, -0.2) is 29.9 Å². The quantitative estimate of drug-likeness (QED) is 0.849. The van der Waals surface area contributed by atoms with Crippen molar-refractivity contribution in [1.29, 1.82) is 0 Å². The van der Waals surface area contributed by atoms with E-state index in [9.17, 15) is 4.79 Å². The van der Waals surface area contributed by atoms with Gasteiger partial charge in [-0.3, -0.25) is 4.79 Å². The van der Waals surface area contributed by atoms with Gasteiger partial charge in [-0.1, -0.05) is 24.6 Å². The molecule has 1 aromatic carbocycles. The lowest BCUT2D eigenvalue weighted by atomic mass is 9.94. The number of nitrogens with two attached hydrogens (primary N) is 1. The van der Waals surface area contributed by atoms with Crippen LogP contribution in [-0.2, 0) is 0 Å². The molecule has 1 fully saturated rings. The summed E-state index contributed by atoms with van der Waals surface area (Å²) in [5, 5.41) is 0.521. The SMILES string of the molecule is Cc1ccc(C(=O)N2CCC(C)C(N)C2)c(Cl)c1. The molecule has 0 bridgehead atoms. The minimum atomic E-state index is -0.0117. The zero-order valence-corrected chi connectivity index (χ0v) is 11.6. The molecular formula is C14H19ClN2O. The van der Waals surface area contributed by atoms with E-state index >= 15 is 0 Å². The van der Waals surface area contributed by atoms with Gasteiger partial charge >= 0.3 is 0 Å². The number of hydrogen-bond acceptors (Lipinski definition) is 2. The highest BCUT2D eigenvalue weighted by molar-refractivity contribution is 6.33. The van der Waals surface area contributed by atoms with Gasteiger partial charge in [0.25, 0.3) is 5.91 Å². The van der Waals surface area contributed by atoms with Gasteiger partial charge < -0.3 is 10.6 Å². The Balaban J connectivity index is 2.16. The predicted octanol–water partition coefficient (Wildman–Crippen LogP) is 2.46. The van der Waals surface area contributed by atoms with Crippen molar-refractivity contribution in [3.63, 3.8) is 0 Å². The Morgan fingerprint density at radius 3 is 2.83 bits per heavy atom. The van der Waals surface area contributed by atoms with Crippen LogP contribution in [0.1, 0.15) is 29.3 Å². The van der Waals surface area contributed by atoms with Crippen LogP contribution in [0.15, 0.2) is 18.2 Å². The van der Waals surface area contributed by atoms with Gasteiger partial charge in [0, 0.05) is 19.1 Å². The summed E-state index contributed by atoms with van der Waals surface area (Å²) in [6.07, 6.45) is 0.955. The molecule has 0 aromatic heterocycles. The van der Waals surface area contributed by atoms with E-state index in [1.807, 2.05) is 19.1 Å². The fourth-order valence-electron chi connectivity index (χ4n) is 2.25. The second-order valence-corrected chi connectivity index (χ2v) is 5.57. The van der Waals surface area contributed by atoms with Crippen molar-refractivity contribution in [2.75, 3.05) is 13.1 Å². The number of carbonyl (C=O) groups is 1. The van der Waals surface area contributed by atoms with Gasteiger partial charge in [0.2, 0.25) is 0 Å². The van der Waals surface area contributed by atoms with Crippen molar-refractivity contribution in [3.8, 4) is 0 Å². The number of benzene rings is 1. The molecule has 2 N–H and O–H groups in total. The normalized spacial score (nSPS) is 24.1. The second kappa shape index (κ2) is 5.29. The number of amides is 1. The Hall–Kier alpha value is -1.06. The summed E-state index contributed by atoms with van der Waals surface area (Å²) in [6, 6.07) is 5.59. The van der Waals surface area contributed by atoms with Crippen LogP contribution >= 0.6 is 11.6 Å². The fraction of sp³-hybridized carbons (Fsp3) is 0.500. The Bertz CT molecular complexity index is 461. The van der Waals surface area contributed by atoms with Crippen molar-refractivity contribution in [2.45, 2.75) is 26.3 Å². The standard InChI is InChI=1S/C14H19ClN2O/c1-9-3-4-11(12(15)7-9)14(18)17-6-5-10(2)13(16)8-17/h3-4,7,10,13H,5-6,8,16H2,1-2H3. The van der Waals surface area contributed by atoms with E-state index in [2.05, 4.69) is 6.92 Å². The number of halogens is 1. The molecule has 1 aliphatic heterocycles. The summed E-state index contributed by atoms with van der Waals surface area (Å²) in [6.45, 7) is 5.46. The molecule has 0 radical (unpaired) electrons. The molecule has 2 rings (SSSR count). The first-order valence-corrected chi connectivity index (χ1v) is 6.68. The van der Waals surface area contributed by atoms with E-state index in [1.54, 1.807) is 11.0 Å². The highest BCUT2D eigenvalue weighted by Crippen LogP contribution is 2.22. The third kappa shape index (κ3) is 2.68. The molecule has 1 saturated heterocycles. The van der Waals surface area contributed by atoms with E-state index in [1.165, 1.54) is 0 Å². The van der Waals surface area contributed by atoms with E-state index < -0.39 is 0 Å². The third-order valence-electron chi connectivity index (χ3n) is 3.66. The van der Waals surface area contributed by atoms with Gasteiger partial charge in [0.05, 0.1) is 10.6 Å². The molecule has 0 saturated carbocycles. The highest BCUT2D eigenvalue weighted by Gasteiger charge is 2.27. The molecule has 0 spiro atoms. The number of aryl methyl sites for hydroxylation is 1. The van der Waals surface area contributed by atoms with E-state index in [-0.39, 0.29) is 11.9 Å². The van der Waals surface area contributed by atoms with Crippen molar-refractivity contribution >= 4 is 17.5 Å². The van der Waals surface area contributed by atoms with Crippen LogP contribution in [0.5, 0.6) is 0 Å². The van der Waals surface area contributed by atoms with Crippen LogP contribution < -0.4 is 5.73 Å². The summed E-state index contributed by atoms with van der Waals surface area (Å²) in [5.74, 6) is 0.463. The molecule has 1 aromatic rings. The maximum atomic E-state index is 12.4. The molecule has 0 aliphatic carbocycles. The molecular weight excluding hydrogens is 248 g/mol. The van der Waals surface area contributed by atoms with Crippen LogP contribution in [0.25, 0.3) is 0 Å². The van der Waals surface area contributed by atoms with Crippen molar-refractivity contribution in [3.05, 3.63) is 34.3 Å². The third-order valence-corrected chi connectivity index (χ3v) is 3.97. The zero-order valence-electron chi connectivity index (χ0n) is 10.8. The summed E-state index contributed by atoms with van der Waals surface area (Å²) < 4.78 is 0. The van der Waals surface area contributed by atoms with Gasteiger partial charge in [0.1, 0.15) is 0 Å². The van der Waals surface area contributed by atoms with Crippen LogP contribution in [0.3, 0.4) is 0 Å². The first kappa shape index (κ1) is 13.4. The lowest BCUT2D eigenvalue weighted by molar-refractivity contribution is 0.0672. The lowest BCUT2D eigenvalue weighted by Gasteiger charge is -2.35. The molecule has 1 amide bonds. The Labute approximate surface area is 113 Å². The Morgan fingerprint density at radius 2 is 2.22 bits per heavy atom. The van der Waals surface area contributed by atoms with Crippen molar-refractivity contribution in [2.24, 2.45) is 11.7 Å². The van der Waals surface area contributed by atoms with Crippen LogP contribution in [0.2, 0.25) is 5.02 Å². The van der Waals surface area contributed by atoms with Gasteiger partial charge in [-0.05, 0) is 37.0 Å². The summed E-state index contributed by atoms with van der Waals surface area (Å²) >= 11 is 6.13. The molecule has 2 atom stereocenters. The summed E-state index contributed by atoms with van der Waals surface area (Å²) in [5.41, 5.74) is 7.65. The van der Waals surface area contributed by atoms with Crippen molar-refractivity contribution in [1.82, 2.24) is 4.90 Å². The predicted molar refractivity (Wildman–Crippen MR) is 73.8 cm³/mol. The molecule has 4 heteroatoms. The minimum Gasteiger partial charge on any atom is -0.337 e. The maximum absolute atomic E-state index is 12.4. The number of rotatable bonds is 1. The van der Waals surface area contributed by atoms with E-state index in [0.717, 1.165) is 18.5 Å². The fourth-order valence-corrected chi connectivity index (χ4v) is 2.56. The van der Waals surface area contributed by atoms with Crippen molar-refractivity contribution < 1.29 is 4.79 Å². The average Bonchev–Trinajstić information content (AvgIpc) is 2.32. The summed E-state index contributed by atoms with van der Waals surface area (Å²) in [7, 11) is 0. The molecule has 1 heterocycles. The van der Waals surface area contributed by atoms with Crippen LogP contribution in [0.4, 0.5) is 0 Å². The lowest BCUT2D eigenvalue weighted by Crippen LogP contribution is -2.49. The Kier molecular flexibility index (Phi) is 3.93. The number of piperidine rings is 1. The molecule has 2 unspecified atom stereocenters. The van der Waals surface area contributed by atoms with Gasteiger partial charge in [-0.15, -0.1) is 0 Å². The number of carbonyl (C=O) groups excluding carboxylic acids is 1. The first-order valence-electron chi connectivity index (χ1n) is 6.30. The molecule has 18 heavy (non-hydrogen) atoms. The maximum Gasteiger partial charge on any atom is 0.255 e. The molecule has 98 valence electrons. The number of nitrogens with zero attached hydrogens (tertiary/aromatic N) is 1. The largest absolute Gasteiger partial charge is 0.337 e. The zero-order chi connectivity index (χ0) is 13.3. The summed E-state index contributed by atoms with van der Waals surface area (Å²) in [4.78, 5) is 14.2. The number of likely N-dealkylation sites (tertiary alicyclic amines) is 1. The second-order valence-electron chi connectivity index (χ2n) is 5.16. The monoisotopic (exact) mass is 266 g/mol. The Morgan fingerprint density at radius 1 is 1.50 bits per heavy atom. The van der Waals surface area contributed by atoms with Gasteiger partial charge in [-0.2, -0.15) is 0 Å². The van der Waals surface area contributed by atoms with E-state index in [4.69, 9.17) is 17.3 Å². The van der Waals surface area contributed by atoms with E-state index in [0.29, 0.717) is 23.0 Å². The topological polar surface area (TPSA) is 46.3 Å². The number of hydrogen-bond donors (Lipinski definition) is 1. The van der Waals surface area contributed by atoms with Crippen LogP contribution in [0, 0.1) is 12.8 Å². The molecule has 1 aliphatic rings. The van der Waals surface area contributed by atoms with Gasteiger partial charge in [0.15, 0.2) is 0 Å². The first-order chi connectivity index (χ1) is 8.49. The molecule has 3 nitrogen and oxygen atoms in total. The highest BCUT2D eigenvalue weighted by atomic mass is 35.5. The smallest absolute Gasteiger partial charge is 0.255 e. The minimum absolute atomic E-state index is 0.0117.